The number of pyridine rings is 2. The van der Waals surface area contributed by atoms with E-state index in [9.17, 15) is 0 Å². The van der Waals surface area contributed by atoms with Gasteiger partial charge in [-0.1, -0.05) is 30.3 Å². The molecule has 3 heterocycles. The molecule has 5 heteroatoms. The van der Waals surface area contributed by atoms with Crippen LogP contribution in [0.5, 0.6) is 0 Å². The largest absolute Gasteiger partial charge is 0.260 e. The molecule has 0 atom stereocenters. The smallest absolute Gasteiger partial charge is 0.107 e. The van der Waals surface area contributed by atoms with Gasteiger partial charge in [-0.25, -0.2) is 0 Å². The third kappa shape index (κ3) is 3.62. The fourth-order valence-electron chi connectivity index (χ4n) is 3.21. The predicted octanol–water partition coefficient (Wildman–Crippen LogP) is 4.24. The van der Waals surface area contributed by atoms with Gasteiger partial charge in [-0.3, -0.25) is 9.97 Å². The molecule has 27 heavy (non-hydrogen) atoms. The number of rotatable bonds is 4. The molecule has 0 aliphatic rings. The topological polar surface area (TPSA) is 56.5 Å². The van der Waals surface area contributed by atoms with Gasteiger partial charge in [0.2, 0.25) is 0 Å². The average molecular weight is 355 g/mol. The molecule has 0 saturated carbocycles. The summed E-state index contributed by atoms with van der Waals surface area (Å²) in [6.07, 6.45) is 6.19. The first kappa shape index (κ1) is 17.1. The lowest BCUT2D eigenvalue weighted by molar-refractivity contribution is 0.731. The third-order valence-corrected chi connectivity index (χ3v) is 4.59. The van der Waals surface area contributed by atoms with Crippen molar-refractivity contribution in [1.82, 2.24) is 25.0 Å². The predicted molar refractivity (Wildman–Crippen MR) is 106 cm³/mol. The van der Waals surface area contributed by atoms with Crippen LogP contribution in [0.25, 0.3) is 16.8 Å². The molecule has 4 aromatic rings. The lowest BCUT2D eigenvalue weighted by Crippen LogP contribution is -2.03. The van der Waals surface area contributed by atoms with Gasteiger partial charge in [0, 0.05) is 29.6 Å². The van der Waals surface area contributed by atoms with Crippen LogP contribution in [0.4, 0.5) is 0 Å². The van der Waals surface area contributed by atoms with Gasteiger partial charge in [-0.2, -0.15) is 10.2 Å². The zero-order valence-electron chi connectivity index (χ0n) is 15.7. The first-order chi connectivity index (χ1) is 13.1. The Bertz CT molecular complexity index is 1080. The molecular formula is C22H21N5. The summed E-state index contributed by atoms with van der Waals surface area (Å²) in [6, 6.07) is 14.5. The van der Waals surface area contributed by atoms with Crippen LogP contribution in [0, 0.1) is 20.8 Å². The monoisotopic (exact) mass is 355 g/mol. The standard InChI is InChI=1S/C22H21N5/c1-15-10-19(24-13-21(15)18-7-5-4-6-8-18)11-20-12-25-27(26-20)22-14-23-17(3)9-16(22)2/h4-10,12-14H,11H2,1-3H3. The number of hydrogen-bond acceptors (Lipinski definition) is 4. The Labute approximate surface area is 158 Å². The second-order valence-electron chi connectivity index (χ2n) is 6.77. The van der Waals surface area contributed by atoms with Crippen molar-refractivity contribution < 1.29 is 0 Å². The van der Waals surface area contributed by atoms with Gasteiger partial charge < -0.3 is 0 Å². The van der Waals surface area contributed by atoms with E-state index in [1.54, 1.807) is 11.0 Å². The van der Waals surface area contributed by atoms with Gasteiger partial charge >= 0.3 is 0 Å². The van der Waals surface area contributed by atoms with E-state index in [0.717, 1.165) is 33.9 Å². The fraction of sp³-hybridized carbons (Fsp3) is 0.182. The average Bonchev–Trinajstić information content (AvgIpc) is 3.10. The molecule has 0 fully saturated rings. The first-order valence-electron chi connectivity index (χ1n) is 8.96. The maximum Gasteiger partial charge on any atom is 0.107 e. The van der Waals surface area contributed by atoms with E-state index in [2.05, 4.69) is 45.3 Å². The SMILES string of the molecule is Cc1cc(C)c(-n2ncc(Cc3cc(C)c(-c4ccccc4)cn3)n2)cn1. The number of aromatic nitrogens is 5. The Morgan fingerprint density at radius 3 is 2.37 bits per heavy atom. The summed E-state index contributed by atoms with van der Waals surface area (Å²) in [6.45, 7) is 6.14. The van der Waals surface area contributed by atoms with E-state index in [0.29, 0.717) is 6.42 Å². The number of benzene rings is 1. The fourth-order valence-corrected chi connectivity index (χ4v) is 3.21. The number of nitrogens with zero attached hydrogens (tertiary/aromatic N) is 5. The van der Waals surface area contributed by atoms with Crippen molar-refractivity contribution >= 4 is 0 Å². The lowest BCUT2D eigenvalue weighted by Gasteiger charge is -2.07. The Hall–Kier alpha value is -3.34. The number of aryl methyl sites for hydroxylation is 3. The highest BCUT2D eigenvalue weighted by Gasteiger charge is 2.09. The quantitative estimate of drug-likeness (QED) is 0.549. The zero-order valence-corrected chi connectivity index (χ0v) is 15.7. The van der Waals surface area contributed by atoms with Gasteiger partial charge in [0.25, 0.3) is 0 Å². The van der Waals surface area contributed by atoms with Crippen molar-refractivity contribution in [2.45, 2.75) is 27.2 Å². The van der Waals surface area contributed by atoms with Crippen LogP contribution in [0.1, 0.15) is 28.2 Å². The van der Waals surface area contributed by atoms with Crippen LogP contribution in [0.3, 0.4) is 0 Å². The maximum atomic E-state index is 4.63. The second-order valence-corrected chi connectivity index (χ2v) is 6.77. The molecule has 0 amide bonds. The van der Waals surface area contributed by atoms with Crippen molar-refractivity contribution in [2.24, 2.45) is 0 Å². The highest BCUT2D eigenvalue weighted by atomic mass is 15.5. The zero-order chi connectivity index (χ0) is 18.8. The summed E-state index contributed by atoms with van der Waals surface area (Å²) in [5.41, 5.74) is 8.40. The molecule has 0 bridgehead atoms. The summed E-state index contributed by atoms with van der Waals surface area (Å²) in [4.78, 5) is 10.6. The van der Waals surface area contributed by atoms with Crippen LogP contribution in [0.2, 0.25) is 0 Å². The van der Waals surface area contributed by atoms with Crippen LogP contribution >= 0.6 is 0 Å². The Morgan fingerprint density at radius 1 is 0.815 bits per heavy atom. The molecule has 0 N–H and O–H groups in total. The van der Waals surface area contributed by atoms with Crippen molar-refractivity contribution in [3.05, 3.63) is 89.3 Å². The lowest BCUT2D eigenvalue weighted by atomic mass is 10.0. The Balaban J connectivity index is 1.57. The first-order valence-corrected chi connectivity index (χ1v) is 8.96. The normalized spacial score (nSPS) is 10.9. The molecule has 0 aliphatic carbocycles. The van der Waals surface area contributed by atoms with Gasteiger partial charge in [0.05, 0.1) is 18.1 Å². The molecule has 5 nitrogen and oxygen atoms in total. The molecular weight excluding hydrogens is 334 g/mol. The molecule has 0 spiro atoms. The van der Waals surface area contributed by atoms with E-state index in [1.807, 2.05) is 50.5 Å². The van der Waals surface area contributed by atoms with E-state index in [1.165, 1.54) is 11.1 Å². The summed E-state index contributed by atoms with van der Waals surface area (Å²) >= 11 is 0. The van der Waals surface area contributed by atoms with E-state index in [4.69, 9.17) is 0 Å². The molecule has 0 unspecified atom stereocenters. The summed E-state index contributed by atoms with van der Waals surface area (Å²) in [5.74, 6) is 0. The molecule has 0 saturated heterocycles. The minimum Gasteiger partial charge on any atom is -0.260 e. The van der Waals surface area contributed by atoms with Crippen LogP contribution in [0.15, 0.2) is 61.1 Å². The molecule has 3 aromatic heterocycles. The minimum absolute atomic E-state index is 0.647. The van der Waals surface area contributed by atoms with Crippen molar-refractivity contribution in [3.8, 4) is 16.8 Å². The van der Waals surface area contributed by atoms with Crippen LogP contribution < -0.4 is 0 Å². The molecule has 0 aliphatic heterocycles. The summed E-state index contributed by atoms with van der Waals surface area (Å²) in [7, 11) is 0. The van der Waals surface area contributed by atoms with E-state index < -0.39 is 0 Å². The highest BCUT2D eigenvalue weighted by Crippen LogP contribution is 2.23. The molecule has 4 rings (SSSR count). The van der Waals surface area contributed by atoms with Crippen LogP contribution in [-0.2, 0) is 6.42 Å². The maximum absolute atomic E-state index is 4.63. The summed E-state index contributed by atoms with van der Waals surface area (Å²) in [5, 5.41) is 9.00. The van der Waals surface area contributed by atoms with Crippen LogP contribution in [-0.4, -0.2) is 25.0 Å². The third-order valence-electron chi connectivity index (χ3n) is 4.59. The second kappa shape index (κ2) is 7.11. The van der Waals surface area contributed by atoms with Gasteiger partial charge in [0.1, 0.15) is 5.69 Å². The van der Waals surface area contributed by atoms with Crippen molar-refractivity contribution in [1.29, 1.82) is 0 Å². The molecule has 0 radical (unpaired) electrons. The molecule has 1 aromatic carbocycles. The molecule has 134 valence electrons. The van der Waals surface area contributed by atoms with Gasteiger partial charge in [0.15, 0.2) is 0 Å². The van der Waals surface area contributed by atoms with Gasteiger partial charge in [-0.15, -0.1) is 4.80 Å². The number of hydrogen-bond donors (Lipinski definition) is 0. The Kier molecular flexibility index (Phi) is 4.50. The van der Waals surface area contributed by atoms with Crippen molar-refractivity contribution in [3.63, 3.8) is 0 Å². The minimum atomic E-state index is 0.647. The van der Waals surface area contributed by atoms with E-state index in [-0.39, 0.29) is 0 Å². The van der Waals surface area contributed by atoms with E-state index >= 15 is 0 Å². The highest BCUT2D eigenvalue weighted by molar-refractivity contribution is 5.66. The Morgan fingerprint density at radius 2 is 1.63 bits per heavy atom. The van der Waals surface area contributed by atoms with Gasteiger partial charge in [-0.05, 0) is 49.6 Å². The summed E-state index contributed by atoms with van der Waals surface area (Å²) < 4.78 is 0. The van der Waals surface area contributed by atoms with Crippen molar-refractivity contribution in [2.75, 3.05) is 0 Å².